The summed E-state index contributed by atoms with van der Waals surface area (Å²) < 4.78 is 33.1. The molecule has 29 heavy (non-hydrogen) atoms. The summed E-state index contributed by atoms with van der Waals surface area (Å²) in [5.41, 5.74) is 0. The molecule has 5 nitrogen and oxygen atoms in total. The van der Waals surface area contributed by atoms with Crippen molar-refractivity contribution in [2.75, 3.05) is 40.7 Å². The van der Waals surface area contributed by atoms with Crippen LogP contribution < -0.4 is 0 Å². The summed E-state index contributed by atoms with van der Waals surface area (Å²) in [4.78, 5) is 0. The lowest BCUT2D eigenvalue weighted by atomic mass is 10.0. The first-order valence-electron chi connectivity index (χ1n) is 11.9. The number of ether oxygens (including phenoxy) is 2. The molecule has 0 saturated carbocycles. The van der Waals surface area contributed by atoms with Gasteiger partial charge < -0.3 is 18.5 Å². The molecule has 176 valence electrons. The fourth-order valence-corrected chi connectivity index (χ4v) is 4.56. The molecule has 0 heterocycles. The zero-order chi connectivity index (χ0) is 21.6. The van der Waals surface area contributed by atoms with E-state index in [0.717, 1.165) is 13.0 Å². The maximum absolute atomic E-state index is 12.1. The molecule has 0 fully saturated rings. The number of hydrogen-bond acceptors (Lipinski definition) is 5. The molecule has 0 aromatic carbocycles. The van der Waals surface area contributed by atoms with E-state index >= 15 is 0 Å². The summed E-state index contributed by atoms with van der Waals surface area (Å²) in [6, 6.07) is 0. The lowest BCUT2D eigenvalue weighted by Crippen LogP contribution is -2.20. The van der Waals surface area contributed by atoms with Crippen molar-refractivity contribution >= 4 is 7.60 Å². The zero-order valence-corrected chi connectivity index (χ0v) is 20.7. The number of unbranched alkanes of at least 4 members (excludes halogenated alkanes) is 13. The van der Waals surface area contributed by atoms with Gasteiger partial charge in [-0.05, 0) is 12.8 Å². The third-order valence-corrected chi connectivity index (χ3v) is 7.48. The fraction of sp³-hybridized carbons (Fsp3) is 1.00. The zero-order valence-electron chi connectivity index (χ0n) is 19.8. The van der Waals surface area contributed by atoms with Crippen molar-refractivity contribution in [3.8, 4) is 0 Å². The Morgan fingerprint density at radius 2 is 1.14 bits per heavy atom. The third kappa shape index (κ3) is 18.5. The predicted molar refractivity (Wildman–Crippen MR) is 123 cm³/mol. The van der Waals surface area contributed by atoms with E-state index < -0.39 is 7.60 Å². The Balaban J connectivity index is 3.38. The highest BCUT2D eigenvalue weighted by molar-refractivity contribution is 7.53. The van der Waals surface area contributed by atoms with Gasteiger partial charge in [-0.3, -0.25) is 4.57 Å². The molecule has 0 N–H and O–H groups in total. The van der Waals surface area contributed by atoms with E-state index in [4.69, 9.17) is 18.5 Å². The van der Waals surface area contributed by atoms with E-state index in [1.165, 1.54) is 97.7 Å². The van der Waals surface area contributed by atoms with Gasteiger partial charge in [0.05, 0.1) is 18.9 Å². The Labute approximate surface area is 181 Å². The van der Waals surface area contributed by atoms with Crippen LogP contribution in [0, 0.1) is 0 Å². The van der Waals surface area contributed by atoms with E-state index in [0.29, 0.717) is 19.2 Å². The second kappa shape index (κ2) is 21.3. The molecule has 0 aliphatic carbocycles. The van der Waals surface area contributed by atoms with Crippen molar-refractivity contribution in [3.05, 3.63) is 0 Å². The highest BCUT2D eigenvalue weighted by Crippen LogP contribution is 2.47. The van der Waals surface area contributed by atoms with E-state index in [9.17, 15) is 4.57 Å². The standard InChI is InChI=1S/C23H49O5P/c1-5-6-7-8-9-10-11-12-13-14-15-16-17-18-20-28-22-23(25-2)19-21-29(24,26-3)27-4/h23H,5-22H2,1-4H3/t23-/m1/s1. The van der Waals surface area contributed by atoms with Crippen LogP contribution in [0.4, 0.5) is 0 Å². The van der Waals surface area contributed by atoms with Crippen molar-refractivity contribution in [1.82, 2.24) is 0 Å². The summed E-state index contributed by atoms with van der Waals surface area (Å²) >= 11 is 0. The monoisotopic (exact) mass is 436 g/mol. The smallest absolute Gasteiger partial charge is 0.330 e. The van der Waals surface area contributed by atoms with Gasteiger partial charge in [-0.25, -0.2) is 0 Å². The van der Waals surface area contributed by atoms with E-state index in [1.54, 1.807) is 7.11 Å². The molecule has 0 aromatic rings. The molecular formula is C23H49O5P. The number of rotatable bonds is 23. The molecule has 0 unspecified atom stereocenters. The first kappa shape index (κ1) is 29.1. The van der Waals surface area contributed by atoms with Crippen molar-refractivity contribution in [3.63, 3.8) is 0 Å². The van der Waals surface area contributed by atoms with Crippen molar-refractivity contribution in [2.45, 2.75) is 109 Å². The van der Waals surface area contributed by atoms with Crippen LogP contribution in [0.15, 0.2) is 0 Å². The van der Waals surface area contributed by atoms with Crippen LogP contribution in [-0.4, -0.2) is 46.8 Å². The minimum absolute atomic E-state index is 0.0692. The van der Waals surface area contributed by atoms with E-state index in [2.05, 4.69) is 6.92 Å². The Bertz CT molecular complexity index is 370. The maximum Gasteiger partial charge on any atom is 0.330 e. The average molecular weight is 437 g/mol. The summed E-state index contributed by atoms with van der Waals surface area (Å²) in [5.74, 6) is 0. The summed E-state index contributed by atoms with van der Waals surface area (Å²) in [6.45, 7) is 3.57. The molecule has 6 heteroatoms. The number of methoxy groups -OCH3 is 1. The van der Waals surface area contributed by atoms with Crippen LogP contribution in [-0.2, 0) is 23.1 Å². The second-order valence-electron chi connectivity index (χ2n) is 8.02. The van der Waals surface area contributed by atoms with E-state index in [-0.39, 0.29) is 6.10 Å². The van der Waals surface area contributed by atoms with Gasteiger partial charge in [0.1, 0.15) is 0 Å². The van der Waals surface area contributed by atoms with Crippen LogP contribution in [0.25, 0.3) is 0 Å². The summed E-state index contributed by atoms with van der Waals surface area (Å²) in [5, 5.41) is 0. The third-order valence-electron chi connectivity index (χ3n) is 5.56. The molecule has 0 aromatic heterocycles. The van der Waals surface area contributed by atoms with Gasteiger partial charge in [0.2, 0.25) is 0 Å². The SMILES string of the molecule is CCCCCCCCCCCCCCCCOC[C@@H](CCP(=O)(OC)OC)OC. The molecule has 0 saturated heterocycles. The molecule has 0 radical (unpaired) electrons. The molecule has 0 aliphatic heterocycles. The fourth-order valence-electron chi connectivity index (χ4n) is 3.44. The molecule has 0 spiro atoms. The molecule has 1 atom stereocenters. The number of hydrogen-bond donors (Lipinski definition) is 0. The molecular weight excluding hydrogens is 387 g/mol. The normalized spacial score (nSPS) is 13.1. The Kier molecular flexibility index (Phi) is 21.4. The van der Waals surface area contributed by atoms with E-state index in [1.807, 2.05) is 0 Å². The highest BCUT2D eigenvalue weighted by Gasteiger charge is 2.23. The van der Waals surface area contributed by atoms with Gasteiger partial charge in [0.15, 0.2) is 0 Å². The molecule has 0 rings (SSSR count). The molecule has 0 bridgehead atoms. The predicted octanol–water partition coefficient (Wildman–Crippen LogP) is 7.38. The quantitative estimate of drug-likeness (QED) is 0.124. The minimum atomic E-state index is -2.96. The van der Waals surface area contributed by atoms with Crippen molar-refractivity contribution in [2.24, 2.45) is 0 Å². The molecule has 0 amide bonds. The van der Waals surface area contributed by atoms with Crippen molar-refractivity contribution in [1.29, 1.82) is 0 Å². The average Bonchev–Trinajstić information content (AvgIpc) is 2.75. The van der Waals surface area contributed by atoms with Crippen LogP contribution in [0.5, 0.6) is 0 Å². The van der Waals surface area contributed by atoms with Gasteiger partial charge in [-0.1, -0.05) is 90.4 Å². The Morgan fingerprint density at radius 1 is 0.690 bits per heavy atom. The molecule has 0 aliphatic rings. The van der Waals surface area contributed by atoms with Gasteiger partial charge >= 0.3 is 7.60 Å². The Morgan fingerprint density at radius 3 is 1.55 bits per heavy atom. The van der Waals surface area contributed by atoms with Gasteiger partial charge in [0.25, 0.3) is 0 Å². The maximum atomic E-state index is 12.1. The topological polar surface area (TPSA) is 54.0 Å². The second-order valence-corrected chi connectivity index (χ2v) is 10.4. The van der Waals surface area contributed by atoms with Crippen LogP contribution >= 0.6 is 7.60 Å². The first-order valence-corrected chi connectivity index (χ1v) is 13.7. The lowest BCUT2D eigenvalue weighted by Gasteiger charge is -2.18. The van der Waals surface area contributed by atoms with Gasteiger partial charge in [-0.15, -0.1) is 0 Å². The Hall–Kier alpha value is 0.0700. The van der Waals surface area contributed by atoms with Crippen LogP contribution in [0.3, 0.4) is 0 Å². The first-order chi connectivity index (χ1) is 14.1. The van der Waals surface area contributed by atoms with Crippen LogP contribution in [0.1, 0.15) is 103 Å². The summed E-state index contributed by atoms with van der Waals surface area (Å²) in [7, 11) is 1.53. The highest BCUT2D eigenvalue weighted by atomic mass is 31.2. The lowest BCUT2D eigenvalue weighted by molar-refractivity contribution is 0.00559. The van der Waals surface area contributed by atoms with Crippen LogP contribution in [0.2, 0.25) is 0 Å². The van der Waals surface area contributed by atoms with Crippen molar-refractivity contribution < 1.29 is 23.1 Å². The van der Waals surface area contributed by atoms with Gasteiger partial charge in [0, 0.05) is 27.9 Å². The minimum Gasteiger partial charge on any atom is -0.379 e. The summed E-state index contributed by atoms with van der Waals surface area (Å²) in [6.07, 6.45) is 19.9. The largest absolute Gasteiger partial charge is 0.379 e. The van der Waals surface area contributed by atoms with Gasteiger partial charge in [-0.2, -0.15) is 0 Å².